The van der Waals surface area contributed by atoms with E-state index in [0.29, 0.717) is 6.54 Å². The van der Waals surface area contributed by atoms with Crippen LogP contribution in [0.25, 0.3) is 0 Å². The Labute approximate surface area is 89.3 Å². The summed E-state index contributed by atoms with van der Waals surface area (Å²) < 4.78 is 0. The molecule has 3 nitrogen and oxygen atoms in total. The van der Waals surface area contributed by atoms with Crippen LogP contribution >= 0.6 is 0 Å². The van der Waals surface area contributed by atoms with Gasteiger partial charge in [-0.2, -0.15) is 0 Å². The summed E-state index contributed by atoms with van der Waals surface area (Å²) in [5.41, 5.74) is 2.36. The predicted molar refractivity (Wildman–Crippen MR) is 59.1 cm³/mol. The molecule has 0 bridgehead atoms. The maximum absolute atomic E-state index is 10.8. The topological polar surface area (TPSA) is 40.5 Å². The summed E-state index contributed by atoms with van der Waals surface area (Å²) in [6.07, 6.45) is 0.753. The highest BCUT2D eigenvalue weighted by atomic mass is 16.4. The van der Waals surface area contributed by atoms with Gasteiger partial charge in [0.05, 0.1) is 5.92 Å². The van der Waals surface area contributed by atoms with Gasteiger partial charge in [0.2, 0.25) is 0 Å². The Morgan fingerprint density at radius 3 is 2.60 bits per heavy atom. The zero-order chi connectivity index (χ0) is 10.8. The second-order valence-corrected chi connectivity index (χ2v) is 4.11. The van der Waals surface area contributed by atoms with Crippen LogP contribution in [0.4, 0.5) is 5.69 Å². The molecule has 1 fully saturated rings. The monoisotopic (exact) mass is 205 g/mol. The molecular formula is C12H15NO2. The van der Waals surface area contributed by atoms with Crippen LogP contribution in [0.5, 0.6) is 0 Å². The largest absolute Gasteiger partial charge is 0.481 e. The molecule has 1 atom stereocenters. The average molecular weight is 205 g/mol. The third-order valence-electron chi connectivity index (χ3n) is 2.94. The van der Waals surface area contributed by atoms with Crippen LogP contribution in [0.1, 0.15) is 12.0 Å². The standard InChI is InChI=1S/C12H15NO2/c1-9-2-4-11(5-3-9)13-7-6-10(8-13)12(14)15/h2-5,10H,6-8H2,1H3,(H,14,15)/t10-/m0/s1. The SMILES string of the molecule is Cc1ccc(N2CC[C@H](C(=O)O)C2)cc1. The van der Waals surface area contributed by atoms with Crippen LogP contribution in [0, 0.1) is 12.8 Å². The fourth-order valence-corrected chi connectivity index (χ4v) is 1.95. The lowest BCUT2D eigenvalue weighted by Gasteiger charge is -2.17. The van der Waals surface area contributed by atoms with E-state index in [1.165, 1.54) is 5.56 Å². The van der Waals surface area contributed by atoms with E-state index in [0.717, 1.165) is 18.7 Å². The Morgan fingerprint density at radius 2 is 2.07 bits per heavy atom. The van der Waals surface area contributed by atoms with Gasteiger partial charge in [-0.3, -0.25) is 4.79 Å². The Bertz CT molecular complexity index is 358. The number of hydrogen-bond donors (Lipinski definition) is 1. The van der Waals surface area contributed by atoms with E-state index in [1.807, 2.05) is 6.92 Å². The number of benzene rings is 1. The molecule has 1 aliphatic heterocycles. The highest BCUT2D eigenvalue weighted by Crippen LogP contribution is 2.23. The highest BCUT2D eigenvalue weighted by Gasteiger charge is 2.27. The van der Waals surface area contributed by atoms with Crippen LogP contribution < -0.4 is 4.90 Å². The molecule has 0 unspecified atom stereocenters. The van der Waals surface area contributed by atoms with Crippen LogP contribution in [-0.4, -0.2) is 24.2 Å². The van der Waals surface area contributed by atoms with Crippen LogP contribution in [0.15, 0.2) is 24.3 Å². The molecule has 1 N–H and O–H groups in total. The van der Waals surface area contributed by atoms with Crippen molar-refractivity contribution >= 4 is 11.7 Å². The predicted octanol–water partition coefficient (Wildman–Crippen LogP) is 1.91. The van der Waals surface area contributed by atoms with Crippen molar-refractivity contribution in [2.45, 2.75) is 13.3 Å². The van der Waals surface area contributed by atoms with Crippen molar-refractivity contribution in [2.75, 3.05) is 18.0 Å². The molecule has 0 saturated carbocycles. The number of anilines is 1. The fourth-order valence-electron chi connectivity index (χ4n) is 1.95. The van der Waals surface area contributed by atoms with Gasteiger partial charge in [-0.25, -0.2) is 0 Å². The Kier molecular flexibility index (Phi) is 2.62. The van der Waals surface area contributed by atoms with E-state index in [4.69, 9.17) is 5.11 Å². The Hall–Kier alpha value is -1.51. The average Bonchev–Trinajstić information content (AvgIpc) is 2.68. The van der Waals surface area contributed by atoms with Crippen LogP contribution in [0.2, 0.25) is 0 Å². The van der Waals surface area contributed by atoms with Gasteiger partial charge < -0.3 is 10.0 Å². The van der Waals surface area contributed by atoms with Gasteiger partial charge in [0.15, 0.2) is 0 Å². The van der Waals surface area contributed by atoms with Gasteiger partial charge in [-0.05, 0) is 25.5 Å². The zero-order valence-electron chi connectivity index (χ0n) is 8.81. The van der Waals surface area contributed by atoms with Gasteiger partial charge >= 0.3 is 5.97 Å². The van der Waals surface area contributed by atoms with Crippen molar-refractivity contribution < 1.29 is 9.90 Å². The lowest BCUT2D eigenvalue weighted by atomic mass is 10.1. The summed E-state index contributed by atoms with van der Waals surface area (Å²) in [7, 11) is 0. The molecule has 3 heteroatoms. The van der Waals surface area contributed by atoms with Gasteiger partial charge in [-0.1, -0.05) is 17.7 Å². The molecule has 1 aliphatic rings. The summed E-state index contributed by atoms with van der Waals surface area (Å²) in [5.74, 6) is -0.879. The molecule has 0 spiro atoms. The molecule has 80 valence electrons. The van der Waals surface area contributed by atoms with Crippen molar-refractivity contribution in [3.63, 3.8) is 0 Å². The van der Waals surface area contributed by atoms with Crippen molar-refractivity contribution in [1.29, 1.82) is 0 Å². The molecular weight excluding hydrogens is 190 g/mol. The minimum atomic E-state index is -0.676. The van der Waals surface area contributed by atoms with Crippen LogP contribution in [0.3, 0.4) is 0 Å². The van der Waals surface area contributed by atoms with Crippen molar-refractivity contribution in [1.82, 2.24) is 0 Å². The molecule has 1 aromatic rings. The normalized spacial score (nSPS) is 20.6. The van der Waals surface area contributed by atoms with E-state index in [2.05, 4.69) is 29.2 Å². The van der Waals surface area contributed by atoms with Crippen molar-refractivity contribution in [3.05, 3.63) is 29.8 Å². The van der Waals surface area contributed by atoms with E-state index in [1.54, 1.807) is 0 Å². The summed E-state index contributed by atoms with van der Waals surface area (Å²) >= 11 is 0. The molecule has 0 radical (unpaired) electrons. The Morgan fingerprint density at radius 1 is 1.40 bits per heavy atom. The number of carboxylic acid groups (broad SMARTS) is 1. The molecule has 1 aromatic carbocycles. The minimum absolute atomic E-state index is 0.202. The third-order valence-corrected chi connectivity index (χ3v) is 2.94. The number of hydrogen-bond acceptors (Lipinski definition) is 2. The fraction of sp³-hybridized carbons (Fsp3) is 0.417. The van der Waals surface area contributed by atoms with E-state index in [9.17, 15) is 4.79 Å². The second kappa shape index (κ2) is 3.93. The molecule has 1 heterocycles. The maximum Gasteiger partial charge on any atom is 0.308 e. The molecule has 0 amide bonds. The first-order chi connectivity index (χ1) is 7.16. The van der Waals surface area contributed by atoms with Crippen molar-refractivity contribution in [2.24, 2.45) is 5.92 Å². The molecule has 0 aliphatic carbocycles. The van der Waals surface area contributed by atoms with Crippen LogP contribution in [-0.2, 0) is 4.79 Å². The number of carboxylic acids is 1. The van der Waals surface area contributed by atoms with Crippen molar-refractivity contribution in [3.8, 4) is 0 Å². The lowest BCUT2D eigenvalue weighted by Crippen LogP contribution is -2.22. The number of rotatable bonds is 2. The van der Waals surface area contributed by atoms with Gasteiger partial charge in [0.1, 0.15) is 0 Å². The minimum Gasteiger partial charge on any atom is -0.481 e. The first-order valence-corrected chi connectivity index (χ1v) is 5.21. The van der Waals surface area contributed by atoms with E-state index >= 15 is 0 Å². The molecule has 1 saturated heterocycles. The second-order valence-electron chi connectivity index (χ2n) is 4.11. The number of carbonyl (C=O) groups is 1. The van der Waals surface area contributed by atoms with E-state index in [-0.39, 0.29) is 5.92 Å². The molecule has 0 aromatic heterocycles. The van der Waals surface area contributed by atoms with E-state index < -0.39 is 5.97 Å². The van der Waals surface area contributed by atoms with Gasteiger partial charge in [0.25, 0.3) is 0 Å². The summed E-state index contributed by atoms with van der Waals surface area (Å²) in [6, 6.07) is 8.23. The molecule has 2 rings (SSSR count). The lowest BCUT2D eigenvalue weighted by molar-refractivity contribution is -0.140. The van der Waals surface area contributed by atoms with Gasteiger partial charge in [0, 0.05) is 18.8 Å². The highest BCUT2D eigenvalue weighted by molar-refractivity contribution is 5.72. The number of aliphatic carboxylic acids is 1. The summed E-state index contributed by atoms with van der Waals surface area (Å²) in [4.78, 5) is 12.9. The van der Waals surface area contributed by atoms with Gasteiger partial charge in [-0.15, -0.1) is 0 Å². The third kappa shape index (κ3) is 2.12. The zero-order valence-corrected chi connectivity index (χ0v) is 8.81. The first-order valence-electron chi connectivity index (χ1n) is 5.21. The number of aryl methyl sites for hydroxylation is 1. The summed E-state index contributed by atoms with van der Waals surface area (Å²) in [5, 5.41) is 8.90. The maximum atomic E-state index is 10.8. The number of nitrogens with zero attached hydrogens (tertiary/aromatic N) is 1. The first kappa shape index (κ1) is 10.0. The quantitative estimate of drug-likeness (QED) is 0.801. The summed E-state index contributed by atoms with van der Waals surface area (Å²) in [6.45, 7) is 3.53. The smallest absolute Gasteiger partial charge is 0.308 e. The Balaban J connectivity index is 2.07. The molecule has 15 heavy (non-hydrogen) atoms.